The van der Waals surface area contributed by atoms with Crippen molar-refractivity contribution in [3.05, 3.63) is 12.8 Å². The molecule has 2 N–H and O–H groups in total. The Bertz CT molecular complexity index is 225. The zero-order valence-electron chi connectivity index (χ0n) is 11.5. The van der Waals surface area contributed by atoms with Crippen molar-refractivity contribution in [1.82, 2.24) is 15.8 Å². The van der Waals surface area contributed by atoms with Crippen LogP contribution in [0.3, 0.4) is 0 Å². The second-order valence-corrected chi connectivity index (χ2v) is 4.61. The molecule has 0 aromatic rings. The number of ether oxygens (including phenoxy) is 1. The smallest absolute Gasteiger partial charge is 0.0889 e. The van der Waals surface area contributed by atoms with Crippen LogP contribution in [0.4, 0.5) is 0 Å². The zero-order chi connectivity index (χ0) is 12.7. The van der Waals surface area contributed by atoms with Crippen LogP contribution in [0.5, 0.6) is 0 Å². The Labute approximate surface area is 105 Å². The van der Waals surface area contributed by atoms with Crippen LogP contribution in [0, 0.1) is 0 Å². The molecule has 0 radical (unpaired) electrons. The monoisotopic (exact) mass is 241 g/mol. The van der Waals surface area contributed by atoms with Crippen LogP contribution in [-0.2, 0) is 4.74 Å². The molecule has 0 atom stereocenters. The number of hydrogen-bond donors (Lipinski definition) is 2. The van der Waals surface area contributed by atoms with E-state index in [2.05, 4.69) is 43.2 Å². The summed E-state index contributed by atoms with van der Waals surface area (Å²) in [6.07, 6.45) is 6.59. The molecule has 4 nitrogen and oxygen atoms in total. The van der Waals surface area contributed by atoms with E-state index in [1.165, 1.54) is 0 Å². The van der Waals surface area contributed by atoms with Crippen LogP contribution in [0.15, 0.2) is 12.8 Å². The number of nitrogens with one attached hydrogen (secondary N) is 2. The summed E-state index contributed by atoms with van der Waals surface area (Å²) in [5, 5.41) is 5.75. The Morgan fingerprint density at radius 1 is 1.41 bits per heavy atom. The van der Waals surface area contributed by atoms with Crippen LogP contribution >= 0.6 is 0 Å². The Balaban J connectivity index is 2.59. The van der Waals surface area contributed by atoms with Crippen molar-refractivity contribution in [1.29, 1.82) is 0 Å². The molecule has 1 rings (SSSR count). The van der Waals surface area contributed by atoms with Gasteiger partial charge in [-0.15, -0.1) is 0 Å². The number of hydrazine groups is 1. The van der Waals surface area contributed by atoms with E-state index >= 15 is 0 Å². The first-order valence-corrected chi connectivity index (χ1v) is 6.66. The third-order valence-corrected chi connectivity index (χ3v) is 3.59. The van der Waals surface area contributed by atoms with E-state index in [0.29, 0.717) is 6.10 Å². The first kappa shape index (κ1) is 14.5. The highest BCUT2D eigenvalue weighted by Gasteiger charge is 2.38. The van der Waals surface area contributed by atoms with Gasteiger partial charge in [0.15, 0.2) is 0 Å². The summed E-state index contributed by atoms with van der Waals surface area (Å²) in [6, 6.07) is 0. The lowest BCUT2D eigenvalue weighted by Crippen LogP contribution is -2.62. The van der Waals surface area contributed by atoms with Crippen molar-refractivity contribution < 1.29 is 4.74 Å². The van der Waals surface area contributed by atoms with Crippen molar-refractivity contribution in [3.8, 4) is 0 Å². The fraction of sp³-hybridized carbons (Fsp3) is 0.846. The van der Waals surface area contributed by atoms with Crippen molar-refractivity contribution >= 4 is 0 Å². The Morgan fingerprint density at radius 2 is 2.06 bits per heavy atom. The number of rotatable bonds is 7. The quantitative estimate of drug-likeness (QED) is 0.527. The molecule has 0 aliphatic heterocycles. The largest absolute Gasteiger partial charge is 0.379 e. The maximum atomic E-state index is 5.71. The minimum absolute atomic E-state index is 0.0382. The van der Waals surface area contributed by atoms with Gasteiger partial charge >= 0.3 is 0 Å². The van der Waals surface area contributed by atoms with E-state index in [-0.39, 0.29) is 5.66 Å². The molecule has 0 bridgehead atoms. The lowest BCUT2D eigenvalue weighted by atomic mass is 9.86. The van der Waals surface area contributed by atoms with Gasteiger partial charge in [-0.2, -0.15) is 0 Å². The van der Waals surface area contributed by atoms with Crippen molar-refractivity contribution in [2.75, 3.05) is 20.2 Å². The molecule has 4 heteroatoms. The predicted molar refractivity (Wildman–Crippen MR) is 71.4 cm³/mol. The Hall–Kier alpha value is -0.580. The van der Waals surface area contributed by atoms with Gasteiger partial charge in [-0.3, -0.25) is 5.32 Å². The molecular formula is C13H27N3O. The van der Waals surface area contributed by atoms with Crippen LogP contribution in [-0.4, -0.2) is 37.0 Å². The van der Waals surface area contributed by atoms with Crippen molar-refractivity contribution in [3.63, 3.8) is 0 Å². The summed E-state index contributed by atoms with van der Waals surface area (Å²) in [7, 11) is 2.07. The highest BCUT2D eigenvalue weighted by Crippen LogP contribution is 2.31. The minimum atomic E-state index is 0.0382. The van der Waals surface area contributed by atoms with Gasteiger partial charge in [0.05, 0.1) is 11.8 Å². The first-order valence-electron chi connectivity index (χ1n) is 6.66. The number of hydrogen-bond acceptors (Lipinski definition) is 4. The molecule has 0 aromatic carbocycles. The van der Waals surface area contributed by atoms with Crippen molar-refractivity contribution in [2.45, 2.75) is 51.3 Å². The third kappa shape index (κ3) is 3.69. The molecule has 0 unspecified atom stereocenters. The molecule has 1 fully saturated rings. The molecule has 0 heterocycles. The molecule has 100 valence electrons. The molecule has 0 saturated heterocycles. The standard InChI is InChI=1S/C13H27N3O/c1-5-14-13(16(4)15-6-2)10-8-12(9-11-13)17-7-3/h6,12,14-15H,2,5,7-11H2,1,3-4H3. The summed E-state index contributed by atoms with van der Waals surface area (Å²) < 4.78 is 5.71. The second kappa shape index (κ2) is 6.99. The summed E-state index contributed by atoms with van der Waals surface area (Å²) in [5.41, 5.74) is 3.22. The minimum Gasteiger partial charge on any atom is -0.379 e. The predicted octanol–water partition coefficient (Wildman–Crippen LogP) is 1.85. The van der Waals surface area contributed by atoms with Crippen LogP contribution < -0.4 is 10.7 Å². The topological polar surface area (TPSA) is 36.5 Å². The van der Waals surface area contributed by atoms with E-state index in [9.17, 15) is 0 Å². The molecule has 1 saturated carbocycles. The van der Waals surface area contributed by atoms with Gasteiger partial charge in [0.2, 0.25) is 0 Å². The average molecular weight is 241 g/mol. The molecule has 1 aliphatic rings. The van der Waals surface area contributed by atoms with Crippen LogP contribution in [0.1, 0.15) is 39.5 Å². The maximum Gasteiger partial charge on any atom is 0.0889 e. The van der Waals surface area contributed by atoms with E-state index in [1.54, 1.807) is 6.20 Å². The van der Waals surface area contributed by atoms with Crippen molar-refractivity contribution in [2.24, 2.45) is 0 Å². The molecular weight excluding hydrogens is 214 g/mol. The Morgan fingerprint density at radius 3 is 2.53 bits per heavy atom. The molecule has 17 heavy (non-hydrogen) atoms. The van der Waals surface area contributed by atoms with Gasteiger partial charge in [0, 0.05) is 19.9 Å². The maximum absolute atomic E-state index is 5.71. The van der Waals surface area contributed by atoms with Crippen LogP contribution in [0.25, 0.3) is 0 Å². The number of nitrogens with zero attached hydrogens (tertiary/aromatic N) is 1. The molecule has 0 aromatic heterocycles. The molecule has 0 amide bonds. The average Bonchev–Trinajstić information content (AvgIpc) is 2.33. The van der Waals surface area contributed by atoms with Gasteiger partial charge in [-0.25, -0.2) is 5.01 Å². The van der Waals surface area contributed by atoms with Gasteiger partial charge in [-0.05, 0) is 39.2 Å². The summed E-state index contributed by atoms with van der Waals surface area (Å²) >= 11 is 0. The normalized spacial score (nSPS) is 29.3. The van der Waals surface area contributed by atoms with Crippen LogP contribution in [0.2, 0.25) is 0 Å². The zero-order valence-corrected chi connectivity index (χ0v) is 11.5. The fourth-order valence-electron chi connectivity index (χ4n) is 2.69. The van der Waals surface area contributed by atoms with E-state index in [1.807, 2.05) is 0 Å². The first-order chi connectivity index (χ1) is 8.18. The third-order valence-electron chi connectivity index (χ3n) is 3.59. The highest BCUT2D eigenvalue weighted by molar-refractivity contribution is 4.91. The van der Waals surface area contributed by atoms with E-state index < -0.39 is 0 Å². The van der Waals surface area contributed by atoms with E-state index in [0.717, 1.165) is 38.8 Å². The molecule has 0 spiro atoms. The lowest BCUT2D eigenvalue weighted by molar-refractivity contribution is -0.0431. The van der Waals surface area contributed by atoms with Gasteiger partial charge in [0.25, 0.3) is 0 Å². The Kier molecular flexibility index (Phi) is 5.95. The highest BCUT2D eigenvalue weighted by atomic mass is 16.5. The summed E-state index contributed by atoms with van der Waals surface area (Å²) in [4.78, 5) is 0. The summed E-state index contributed by atoms with van der Waals surface area (Å²) in [5.74, 6) is 0. The second-order valence-electron chi connectivity index (χ2n) is 4.61. The summed E-state index contributed by atoms with van der Waals surface area (Å²) in [6.45, 7) is 9.74. The lowest BCUT2D eigenvalue weighted by Gasteiger charge is -2.46. The van der Waals surface area contributed by atoms with E-state index in [4.69, 9.17) is 4.74 Å². The van der Waals surface area contributed by atoms with Gasteiger partial charge in [0.1, 0.15) is 0 Å². The van der Waals surface area contributed by atoms with Gasteiger partial charge in [-0.1, -0.05) is 13.5 Å². The fourth-order valence-corrected chi connectivity index (χ4v) is 2.69. The SMILES string of the molecule is C=CNN(C)C1(NCC)CCC(OCC)CC1. The van der Waals surface area contributed by atoms with Gasteiger partial charge < -0.3 is 10.2 Å². The molecule has 1 aliphatic carbocycles.